The lowest BCUT2D eigenvalue weighted by Crippen LogP contribution is -2.45. The Kier molecular flexibility index (Phi) is 5.74. The lowest BCUT2D eigenvalue weighted by atomic mass is 10.1. The lowest BCUT2D eigenvalue weighted by Gasteiger charge is -2.33. The molecule has 2 aromatic heterocycles. The number of ether oxygens (including phenoxy) is 1. The van der Waals surface area contributed by atoms with Crippen LogP contribution >= 0.6 is 0 Å². The summed E-state index contributed by atoms with van der Waals surface area (Å²) in [6.45, 7) is 4.07. The number of hydrogen-bond acceptors (Lipinski definition) is 6. The van der Waals surface area contributed by atoms with Gasteiger partial charge in [0.15, 0.2) is 5.82 Å². The fraction of sp³-hybridized carbons (Fsp3) is 0.579. The van der Waals surface area contributed by atoms with E-state index in [2.05, 4.69) is 30.0 Å². The summed E-state index contributed by atoms with van der Waals surface area (Å²) in [5.74, 6) is 1.84. The van der Waals surface area contributed by atoms with Crippen LogP contribution in [0.3, 0.4) is 0 Å². The highest BCUT2D eigenvalue weighted by Gasteiger charge is 2.29. The zero-order valence-electron chi connectivity index (χ0n) is 15.5. The van der Waals surface area contributed by atoms with E-state index in [-0.39, 0.29) is 11.9 Å². The van der Waals surface area contributed by atoms with Gasteiger partial charge in [-0.2, -0.15) is 0 Å². The summed E-state index contributed by atoms with van der Waals surface area (Å²) >= 11 is 0. The molecule has 0 aromatic carbocycles. The molecule has 27 heavy (non-hydrogen) atoms. The number of carbonyl (C=O) groups is 1. The van der Waals surface area contributed by atoms with E-state index in [1.54, 1.807) is 12.4 Å². The van der Waals surface area contributed by atoms with Crippen molar-refractivity contribution in [3.63, 3.8) is 0 Å². The average Bonchev–Trinajstić information content (AvgIpc) is 2.94. The summed E-state index contributed by atoms with van der Waals surface area (Å²) in [6.07, 6.45) is 7.97. The van der Waals surface area contributed by atoms with E-state index in [1.807, 2.05) is 12.1 Å². The van der Waals surface area contributed by atoms with Crippen LogP contribution in [-0.4, -0.2) is 56.9 Å². The van der Waals surface area contributed by atoms with E-state index in [0.29, 0.717) is 19.8 Å². The summed E-state index contributed by atoms with van der Waals surface area (Å²) in [5.41, 5.74) is 0.900. The third kappa shape index (κ3) is 4.17. The van der Waals surface area contributed by atoms with E-state index < -0.39 is 0 Å². The second-order valence-electron chi connectivity index (χ2n) is 7.05. The highest BCUT2D eigenvalue weighted by Crippen LogP contribution is 2.22. The first kappa shape index (κ1) is 18.1. The number of aryl methyl sites for hydroxylation is 1. The fourth-order valence-electron chi connectivity index (χ4n) is 3.84. The molecule has 2 aliphatic rings. The molecule has 2 aromatic rings. The van der Waals surface area contributed by atoms with Crippen molar-refractivity contribution in [1.29, 1.82) is 0 Å². The van der Waals surface area contributed by atoms with Crippen LogP contribution in [0.2, 0.25) is 0 Å². The Morgan fingerprint density at radius 1 is 1.19 bits per heavy atom. The Balaban J connectivity index is 1.48. The lowest BCUT2D eigenvalue weighted by molar-refractivity contribution is -0.128. The summed E-state index contributed by atoms with van der Waals surface area (Å²) < 4.78 is 7.62. The van der Waals surface area contributed by atoms with Crippen LogP contribution in [0.4, 0.5) is 0 Å². The van der Waals surface area contributed by atoms with E-state index in [9.17, 15) is 4.79 Å². The number of nitrogens with one attached hydrogen (secondary N) is 1. The average molecular weight is 370 g/mol. The normalized spacial score (nSPS) is 19.1. The molecule has 0 bridgehead atoms. The van der Waals surface area contributed by atoms with Gasteiger partial charge in [0.2, 0.25) is 5.91 Å². The molecule has 1 atom stereocenters. The minimum Gasteiger partial charge on any atom is -0.379 e. The molecule has 2 aliphatic heterocycles. The number of fused-ring (bicyclic) bond motifs is 1. The number of carbonyl (C=O) groups excluding carboxylic acids is 1. The number of amides is 1. The number of morpholine rings is 1. The Labute approximate surface area is 158 Å². The zero-order valence-corrected chi connectivity index (χ0v) is 15.5. The molecule has 8 nitrogen and oxygen atoms in total. The molecule has 144 valence electrons. The minimum atomic E-state index is -0.367. The smallest absolute Gasteiger partial charge is 0.242 e. The molecule has 0 saturated carbocycles. The monoisotopic (exact) mass is 370 g/mol. The van der Waals surface area contributed by atoms with Gasteiger partial charge in [0.05, 0.1) is 19.8 Å². The van der Waals surface area contributed by atoms with E-state index in [4.69, 9.17) is 4.74 Å². The van der Waals surface area contributed by atoms with Gasteiger partial charge < -0.3 is 14.6 Å². The highest BCUT2D eigenvalue weighted by molar-refractivity contribution is 5.83. The van der Waals surface area contributed by atoms with Crippen LogP contribution in [0.5, 0.6) is 0 Å². The maximum atomic E-state index is 13.1. The predicted molar refractivity (Wildman–Crippen MR) is 98.8 cm³/mol. The van der Waals surface area contributed by atoms with Gasteiger partial charge in [0.25, 0.3) is 0 Å². The first-order chi connectivity index (χ1) is 13.3. The number of aromatic nitrogens is 4. The molecular weight excluding hydrogens is 344 g/mol. The highest BCUT2D eigenvalue weighted by atomic mass is 16.5. The van der Waals surface area contributed by atoms with Crippen LogP contribution in [0, 0.1) is 0 Å². The van der Waals surface area contributed by atoms with E-state index in [0.717, 1.165) is 56.1 Å². The Morgan fingerprint density at radius 3 is 2.89 bits per heavy atom. The van der Waals surface area contributed by atoms with Crippen molar-refractivity contribution in [3.05, 3.63) is 41.7 Å². The molecule has 0 radical (unpaired) electrons. The minimum absolute atomic E-state index is 0.0316. The summed E-state index contributed by atoms with van der Waals surface area (Å²) in [4.78, 5) is 19.4. The van der Waals surface area contributed by atoms with Crippen LogP contribution in [0.25, 0.3) is 0 Å². The van der Waals surface area contributed by atoms with Gasteiger partial charge in [-0.15, -0.1) is 10.2 Å². The van der Waals surface area contributed by atoms with Gasteiger partial charge in [-0.25, -0.2) is 0 Å². The van der Waals surface area contributed by atoms with Crippen molar-refractivity contribution in [2.45, 2.75) is 44.8 Å². The zero-order chi connectivity index (χ0) is 18.5. The number of rotatable bonds is 5. The molecule has 1 saturated heterocycles. The summed E-state index contributed by atoms with van der Waals surface area (Å²) in [7, 11) is 0. The van der Waals surface area contributed by atoms with Crippen LogP contribution in [-0.2, 0) is 29.0 Å². The van der Waals surface area contributed by atoms with Gasteiger partial charge in [0.1, 0.15) is 11.9 Å². The van der Waals surface area contributed by atoms with E-state index >= 15 is 0 Å². The maximum absolute atomic E-state index is 13.1. The second-order valence-corrected chi connectivity index (χ2v) is 7.05. The number of hydrogen-bond donors (Lipinski definition) is 1. The predicted octanol–water partition coefficient (Wildman–Crippen LogP) is 1.09. The quantitative estimate of drug-likeness (QED) is 0.848. The second kappa shape index (κ2) is 8.58. The first-order valence-electron chi connectivity index (χ1n) is 9.73. The Hall–Kier alpha value is -2.32. The molecule has 0 spiro atoms. The topological polar surface area (TPSA) is 85.2 Å². The summed E-state index contributed by atoms with van der Waals surface area (Å²) in [5, 5.41) is 11.7. The van der Waals surface area contributed by atoms with Gasteiger partial charge in [-0.1, -0.05) is 12.5 Å². The Bertz CT molecular complexity index is 757. The van der Waals surface area contributed by atoms with Gasteiger partial charge >= 0.3 is 0 Å². The van der Waals surface area contributed by atoms with Crippen molar-refractivity contribution in [2.75, 3.05) is 26.3 Å². The summed E-state index contributed by atoms with van der Waals surface area (Å²) in [6, 6.07) is 3.46. The van der Waals surface area contributed by atoms with Crippen LogP contribution in [0.15, 0.2) is 24.5 Å². The molecular formula is C19H26N6O2. The van der Waals surface area contributed by atoms with Crippen molar-refractivity contribution in [1.82, 2.24) is 30.0 Å². The molecule has 0 aliphatic carbocycles. The first-order valence-corrected chi connectivity index (χ1v) is 9.73. The van der Waals surface area contributed by atoms with Crippen LogP contribution in [0.1, 0.15) is 42.5 Å². The van der Waals surface area contributed by atoms with Crippen molar-refractivity contribution < 1.29 is 9.53 Å². The third-order valence-electron chi connectivity index (χ3n) is 5.27. The van der Waals surface area contributed by atoms with E-state index in [1.165, 1.54) is 6.42 Å². The Morgan fingerprint density at radius 2 is 2.07 bits per heavy atom. The van der Waals surface area contributed by atoms with Gasteiger partial charge in [-0.05, 0) is 24.5 Å². The standard InChI is InChI=1S/C19H26N6O2/c26-19(21-14-17-23-22-16-6-2-1-3-8-25(16)17)18(15-5-4-7-20-13-15)24-9-11-27-12-10-24/h4-5,7,13,18H,1-3,6,8-12,14H2,(H,21,26). The van der Waals surface area contributed by atoms with Gasteiger partial charge in [0, 0.05) is 38.4 Å². The van der Waals surface area contributed by atoms with Crippen molar-refractivity contribution in [2.24, 2.45) is 0 Å². The van der Waals surface area contributed by atoms with Crippen LogP contribution < -0.4 is 5.32 Å². The molecule has 1 fully saturated rings. The third-order valence-corrected chi connectivity index (χ3v) is 5.27. The molecule has 8 heteroatoms. The van der Waals surface area contributed by atoms with Crippen molar-refractivity contribution in [3.8, 4) is 0 Å². The van der Waals surface area contributed by atoms with Crippen molar-refractivity contribution >= 4 is 5.91 Å². The fourth-order valence-corrected chi connectivity index (χ4v) is 3.84. The molecule has 1 amide bonds. The number of pyridine rings is 1. The maximum Gasteiger partial charge on any atom is 0.242 e. The number of nitrogens with zero attached hydrogens (tertiary/aromatic N) is 5. The largest absolute Gasteiger partial charge is 0.379 e. The molecule has 1 N–H and O–H groups in total. The SMILES string of the molecule is O=C(NCc1nnc2n1CCCCC2)C(c1cccnc1)N1CCOCC1. The molecule has 1 unspecified atom stereocenters. The molecule has 4 heterocycles. The molecule has 4 rings (SSSR count). The van der Waals surface area contributed by atoms with Gasteiger partial charge in [-0.3, -0.25) is 14.7 Å².